The Hall–Kier alpha value is -0.340. The molecular weight excluding hydrogens is 192 g/mol. The summed E-state index contributed by atoms with van der Waals surface area (Å²) in [6, 6.07) is 2.13. The van der Waals surface area contributed by atoms with Gasteiger partial charge in [0.05, 0.1) is 5.60 Å². The lowest BCUT2D eigenvalue weighted by Gasteiger charge is -2.32. The molecule has 2 bridgehead atoms. The zero-order valence-electron chi connectivity index (χ0n) is 8.49. The first-order valence-electron chi connectivity index (χ1n) is 5.47. The molecule has 3 atom stereocenters. The number of aliphatic hydroxyl groups is 1. The monoisotopic (exact) mass is 208 g/mol. The van der Waals surface area contributed by atoms with E-state index in [1.165, 1.54) is 29.7 Å². The van der Waals surface area contributed by atoms with E-state index in [9.17, 15) is 5.11 Å². The summed E-state index contributed by atoms with van der Waals surface area (Å²) in [5.74, 6) is 1.34. The predicted molar refractivity (Wildman–Crippen MR) is 58.4 cm³/mol. The van der Waals surface area contributed by atoms with Crippen LogP contribution in [-0.2, 0) is 5.60 Å². The molecule has 2 aliphatic carbocycles. The van der Waals surface area contributed by atoms with Crippen LogP contribution in [0.4, 0.5) is 0 Å². The third-order valence-corrected chi connectivity index (χ3v) is 4.99. The summed E-state index contributed by atoms with van der Waals surface area (Å²) >= 11 is 1.76. The minimum atomic E-state index is -0.465. The van der Waals surface area contributed by atoms with Crippen LogP contribution in [0.15, 0.2) is 11.4 Å². The minimum absolute atomic E-state index is 0.465. The molecule has 0 amide bonds. The summed E-state index contributed by atoms with van der Waals surface area (Å²) < 4.78 is 0. The number of fused-ring (bicyclic) bond motifs is 2. The van der Waals surface area contributed by atoms with Gasteiger partial charge in [0.2, 0.25) is 0 Å². The van der Waals surface area contributed by atoms with Crippen molar-refractivity contribution >= 4 is 11.3 Å². The summed E-state index contributed by atoms with van der Waals surface area (Å²) in [6.07, 6.45) is 4.84. The van der Waals surface area contributed by atoms with Gasteiger partial charge in [-0.25, -0.2) is 0 Å². The molecule has 0 aliphatic heterocycles. The molecule has 3 unspecified atom stereocenters. The quantitative estimate of drug-likeness (QED) is 0.752. The molecule has 2 saturated carbocycles. The number of aryl methyl sites for hydroxylation is 1. The maximum Gasteiger partial charge on any atom is 0.0937 e. The molecule has 76 valence electrons. The molecule has 0 aromatic carbocycles. The van der Waals surface area contributed by atoms with Gasteiger partial charge in [0.15, 0.2) is 0 Å². The number of rotatable bonds is 1. The van der Waals surface area contributed by atoms with Crippen molar-refractivity contribution in [3.63, 3.8) is 0 Å². The van der Waals surface area contributed by atoms with E-state index in [0.717, 1.165) is 12.3 Å². The second-order valence-corrected chi connectivity index (χ2v) is 6.02. The fourth-order valence-corrected chi connectivity index (χ4v) is 4.24. The lowest BCUT2D eigenvalue weighted by Crippen LogP contribution is -2.32. The maximum absolute atomic E-state index is 10.7. The van der Waals surface area contributed by atoms with Crippen molar-refractivity contribution in [2.75, 3.05) is 0 Å². The van der Waals surface area contributed by atoms with Crippen molar-refractivity contribution in [1.29, 1.82) is 0 Å². The summed E-state index contributed by atoms with van der Waals surface area (Å²) in [5, 5.41) is 12.8. The van der Waals surface area contributed by atoms with Gasteiger partial charge in [-0.05, 0) is 61.5 Å². The summed E-state index contributed by atoms with van der Waals surface area (Å²) in [4.78, 5) is 1.31. The first-order valence-corrected chi connectivity index (χ1v) is 6.35. The molecule has 3 rings (SSSR count). The predicted octanol–water partition coefficient (Wildman–Crippen LogP) is 3.06. The van der Waals surface area contributed by atoms with Gasteiger partial charge < -0.3 is 5.11 Å². The maximum atomic E-state index is 10.7. The normalized spacial score (nSPS) is 40.7. The molecule has 2 heteroatoms. The minimum Gasteiger partial charge on any atom is -0.385 e. The molecule has 0 spiro atoms. The van der Waals surface area contributed by atoms with Gasteiger partial charge in [-0.3, -0.25) is 0 Å². The SMILES string of the molecule is Cc1sccc1C1(O)CC2CCC1C2. The van der Waals surface area contributed by atoms with Crippen LogP contribution >= 0.6 is 11.3 Å². The Morgan fingerprint density at radius 1 is 1.50 bits per heavy atom. The Kier molecular flexibility index (Phi) is 1.80. The highest BCUT2D eigenvalue weighted by atomic mass is 32.1. The summed E-state index contributed by atoms with van der Waals surface area (Å²) in [7, 11) is 0. The zero-order valence-corrected chi connectivity index (χ0v) is 9.31. The largest absolute Gasteiger partial charge is 0.385 e. The van der Waals surface area contributed by atoms with Gasteiger partial charge in [0, 0.05) is 4.88 Å². The van der Waals surface area contributed by atoms with Crippen LogP contribution in [0.3, 0.4) is 0 Å². The molecule has 0 radical (unpaired) electrons. The molecule has 1 aromatic heterocycles. The van der Waals surface area contributed by atoms with Gasteiger partial charge in [0.1, 0.15) is 0 Å². The van der Waals surface area contributed by atoms with Crippen molar-refractivity contribution < 1.29 is 5.11 Å². The fourth-order valence-electron chi connectivity index (χ4n) is 3.46. The highest BCUT2D eigenvalue weighted by Gasteiger charge is 2.51. The average molecular weight is 208 g/mol. The van der Waals surface area contributed by atoms with Crippen molar-refractivity contribution in [2.45, 2.75) is 38.2 Å². The van der Waals surface area contributed by atoms with E-state index in [0.29, 0.717) is 5.92 Å². The van der Waals surface area contributed by atoms with Crippen LogP contribution in [0.25, 0.3) is 0 Å². The third-order valence-electron chi connectivity index (χ3n) is 4.14. The van der Waals surface area contributed by atoms with Crippen LogP contribution in [-0.4, -0.2) is 5.11 Å². The van der Waals surface area contributed by atoms with E-state index in [1.54, 1.807) is 11.3 Å². The molecule has 1 aromatic rings. The Labute approximate surface area is 88.8 Å². The van der Waals surface area contributed by atoms with Crippen LogP contribution in [0, 0.1) is 18.8 Å². The van der Waals surface area contributed by atoms with Gasteiger partial charge >= 0.3 is 0 Å². The Morgan fingerprint density at radius 2 is 2.36 bits per heavy atom. The van der Waals surface area contributed by atoms with Gasteiger partial charge in [-0.15, -0.1) is 11.3 Å². The molecule has 1 heterocycles. The van der Waals surface area contributed by atoms with E-state index in [2.05, 4.69) is 18.4 Å². The van der Waals surface area contributed by atoms with Gasteiger partial charge in [-0.1, -0.05) is 0 Å². The molecule has 2 fully saturated rings. The smallest absolute Gasteiger partial charge is 0.0937 e. The third kappa shape index (κ3) is 1.04. The lowest BCUT2D eigenvalue weighted by molar-refractivity contribution is -0.0183. The van der Waals surface area contributed by atoms with Gasteiger partial charge in [0.25, 0.3) is 0 Å². The van der Waals surface area contributed by atoms with E-state index >= 15 is 0 Å². The second-order valence-electron chi connectivity index (χ2n) is 4.89. The summed E-state index contributed by atoms with van der Waals surface area (Å²) in [5.41, 5.74) is 0.752. The van der Waals surface area contributed by atoms with Gasteiger partial charge in [-0.2, -0.15) is 0 Å². The summed E-state index contributed by atoms with van der Waals surface area (Å²) in [6.45, 7) is 2.13. The fraction of sp³-hybridized carbons (Fsp3) is 0.667. The lowest BCUT2D eigenvalue weighted by atomic mass is 9.79. The van der Waals surface area contributed by atoms with Crippen molar-refractivity contribution in [3.8, 4) is 0 Å². The van der Waals surface area contributed by atoms with Crippen molar-refractivity contribution in [2.24, 2.45) is 11.8 Å². The topological polar surface area (TPSA) is 20.2 Å². The Morgan fingerprint density at radius 3 is 2.86 bits per heavy atom. The average Bonchev–Trinajstić information content (AvgIpc) is 2.78. The second kappa shape index (κ2) is 2.83. The Balaban J connectivity index is 2.02. The number of hydrogen-bond acceptors (Lipinski definition) is 2. The number of thiophene rings is 1. The van der Waals surface area contributed by atoms with Crippen LogP contribution in [0.1, 0.15) is 36.1 Å². The Bertz CT molecular complexity index is 357. The molecule has 1 nitrogen and oxygen atoms in total. The highest BCUT2D eigenvalue weighted by Crippen LogP contribution is 2.56. The van der Waals surface area contributed by atoms with E-state index in [1.807, 2.05) is 0 Å². The molecule has 0 saturated heterocycles. The van der Waals surface area contributed by atoms with E-state index in [4.69, 9.17) is 0 Å². The van der Waals surface area contributed by atoms with Crippen LogP contribution in [0.2, 0.25) is 0 Å². The molecular formula is C12H16OS. The first-order chi connectivity index (χ1) is 6.70. The van der Waals surface area contributed by atoms with Crippen LogP contribution < -0.4 is 0 Å². The van der Waals surface area contributed by atoms with Crippen molar-refractivity contribution in [3.05, 3.63) is 21.9 Å². The molecule has 14 heavy (non-hydrogen) atoms. The molecule has 1 N–H and O–H groups in total. The first kappa shape index (κ1) is 8.93. The molecule has 2 aliphatic rings. The van der Waals surface area contributed by atoms with E-state index in [-0.39, 0.29) is 0 Å². The standard InChI is InChI=1S/C12H16OS/c1-8-11(4-5-14-8)12(13)7-9-2-3-10(12)6-9/h4-5,9-10,13H,2-3,6-7H2,1H3. The highest BCUT2D eigenvalue weighted by molar-refractivity contribution is 7.10. The van der Waals surface area contributed by atoms with E-state index < -0.39 is 5.60 Å². The van der Waals surface area contributed by atoms with Crippen LogP contribution in [0.5, 0.6) is 0 Å². The van der Waals surface area contributed by atoms with Crippen molar-refractivity contribution in [1.82, 2.24) is 0 Å². The zero-order chi connectivity index (χ0) is 9.76. The number of hydrogen-bond donors (Lipinski definition) is 1.